The topological polar surface area (TPSA) is 27.7 Å². The van der Waals surface area contributed by atoms with Gasteiger partial charge in [0.05, 0.1) is 11.2 Å². The fourth-order valence-electron chi connectivity index (χ4n) is 1.23. The minimum absolute atomic E-state index is 0.291. The molecule has 5 heteroatoms. The van der Waals surface area contributed by atoms with Crippen LogP contribution >= 0.6 is 22.6 Å². The molecule has 1 rings (SSSR count). The van der Waals surface area contributed by atoms with Crippen molar-refractivity contribution >= 4 is 29.9 Å². The van der Waals surface area contributed by atoms with Crippen LogP contribution < -0.4 is 0 Å². The fraction of sp³-hybridized carbons (Fsp3) is 1.00. The highest BCUT2D eigenvalue weighted by Crippen LogP contribution is 2.36. The molecule has 0 amide bonds. The zero-order valence-corrected chi connectivity index (χ0v) is 12.2. The second kappa shape index (κ2) is 5.34. The summed E-state index contributed by atoms with van der Waals surface area (Å²) < 4.78 is 18.1. The van der Waals surface area contributed by atoms with Gasteiger partial charge in [0.25, 0.3) is 0 Å². The Bertz CT molecular complexity index is 193. The zero-order chi connectivity index (χ0) is 11.5. The minimum Gasteiger partial charge on any atom is -0.386 e. The molecule has 0 atom stereocenters. The fourth-order valence-corrected chi connectivity index (χ4v) is 1.77. The van der Waals surface area contributed by atoms with Crippen LogP contribution in [0, 0.1) is 0 Å². The third-order valence-corrected chi connectivity index (χ3v) is 3.78. The predicted octanol–water partition coefficient (Wildman–Crippen LogP) is 2.81. The van der Waals surface area contributed by atoms with E-state index in [1.807, 2.05) is 27.7 Å². The van der Waals surface area contributed by atoms with Crippen LogP contribution in [-0.4, -0.2) is 29.6 Å². The van der Waals surface area contributed by atoms with Gasteiger partial charge in [-0.05, 0) is 45.0 Å². The molecule has 0 spiro atoms. The molecule has 1 aliphatic rings. The molecule has 15 heavy (non-hydrogen) atoms. The lowest BCUT2D eigenvalue weighted by Gasteiger charge is -2.31. The van der Waals surface area contributed by atoms with Crippen LogP contribution in [0.5, 0.6) is 0 Å². The first-order chi connectivity index (χ1) is 6.89. The summed E-state index contributed by atoms with van der Waals surface area (Å²) in [6.45, 7) is 8.82. The summed E-state index contributed by atoms with van der Waals surface area (Å²) in [5, 5.41) is 0. The predicted molar refractivity (Wildman–Crippen MR) is 70.2 cm³/mol. The molecule has 0 aromatic carbocycles. The van der Waals surface area contributed by atoms with E-state index in [-0.39, 0.29) is 11.2 Å². The molecule has 0 bridgehead atoms. The average molecular weight is 326 g/mol. The summed E-state index contributed by atoms with van der Waals surface area (Å²) in [5.41, 5.74) is -0.581. The van der Waals surface area contributed by atoms with Crippen LogP contribution in [0.4, 0.5) is 0 Å². The molecule has 1 fully saturated rings. The SMILES string of the molecule is CC1(C)OB(OCCCCI)OC1(C)C. The summed E-state index contributed by atoms with van der Waals surface area (Å²) in [4.78, 5) is 0. The van der Waals surface area contributed by atoms with Crippen LogP contribution in [0.15, 0.2) is 0 Å². The second-order valence-electron chi connectivity index (χ2n) is 4.81. The van der Waals surface area contributed by atoms with Crippen molar-refractivity contribution in [1.82, 2.24) is 0 Å². The number of halogens is 1. The summed E-state index contributed by atoms with van der Waals surface area (Å²) >= 11 is 2.37. The quantitative estimate of drug-likeness (QED) is 0.337. The number of alkyl halides is 1. The minimum atomic E-state index is -0.496. The van der Waals surface area contributed by atoms with Gasteiger partial charge in [-0.1, -0.05) is 22.6 Å². The van der Waals surface area contributed by atoms with Crippen molar-refractivity contribution in [3.8, 4) is 0 Å². The van der Waals surface area contributed by atoms with Crippen LogP contribution in [-0.2, 0) is 14.0 Å². The highest BCUT2D eigenvalue weighted by atomic mass is 127. The lowest BCUT2D eigenvalue weighted by Crippen LogP contribution is -2.41. The molecule has 1 aliphatic heterocycles. The van der Waals surface area contributed by atoms with Gasteiger partial charge in [-0.25, -0.2) is 0 Å². The standard InChI is InChI=1S/C10H20BIO3/c1-9(2)10(3,4)15-11(14-9)13-8-6-5-7-12/h5-8H2,1-4H3. The third kappa shape index (κ3) is 3.58. The van der Waals surface area contributed by atoms with Crippen molar-refractivity contribution in [3.63, 3.8) is 0 Å². The Labute approximate surface area is 107 Å². The molecule has 0 unspecified atom stereocenters. The van der Waals surface area contributed by atoms with E-state index in [1.165, 1.54) is 10.8 Å². The third-order valence-electron chi connectivity index (χ3n) is 3.01. The molecule has 0 saturated carbocycles. The number of unbranched alkanes of at least 4 members (excludes halogenated alkanes) is 1. The first kappa shape index (κ1) is 13.7. The molecule has 0 aromatic heterocycles. The Morgan fingerprint density at radius 3 is 2.07 bits per heavy atom. The molecule has 0 N–H and O–H groups in total. The van der Waals surface area contributed by atoms with Gasteiger partial charge in [0, 0.05) is 6.61 Å². The maximum Gasteiger partial charge on any atom is 0.640 e. The van der Waals surface area contributed by atoms with E-state index in [4.69, 9.17) is 14.0 Å². The molecule has 3 nitrogen and oxygen atoms in total. The first-order valence-electron chi connectivity index (χ1n) is 5.42. The Morgan fingerprint density at radius 2 is 1.60 bits per heavy atom. The van der Waals surface area contributed by atoms with Gasteiger partial charge in [-0.2, -0.15) is 0 Å². The van der Waals surface area contributed by atoms with E-state index in [2.05, 4.69) is 22.6 Å². The van der Waals surface area contributed by atoms with Crippen molar-refractivity contribution in [1.29, 1.82) is 0 Å². The van der Waals surface area contributed by atoms with Gasteiger partial charge >= 0.3 is 7.32 Å². The average Bonchev–Trinajstić information content (AvgIpc) is 2.30. The van der Waals surface area contributed by atoms with Gasteiger partial charge in [-0.15, -0.1) is 0 Å². The first-order valence-corrected chi connectivity index (χ1v) is 6.95. The van der Waals surface area contributed by atoms with Gasteiger partial charge in [0.15, 0.2) is 0 Å². The van der Waals surface area contributed by atoms with E-state index in [9.17, 15) is 0 Å². The van der Waals surface area contributed by atoms with Crippen LogP contribution in [0.3, 0.4) is 0 Å². The molecule has 0 aromatic rings. The second-order valence-corrected chi connectivity index (χ2v) is 5.89. The number of hydrogen-bond acceptors (Lipinski definition) is 3. The number of hydrogen-bond donors (Lipinski definition) is 0. The van der Waals surface area contributed by atoms with Crippen LogP contribution in [0.25, 0.3) is 0 Å². The van der Waals surface area contributed by atoms with Crippen LogP contribution in [0.2, 0.25) is 0 Å². The van der Waals surface area contributed by atoms with E-state index in [0.717, 1.165) is 6.42 Å². The zero-order valence-electron chi connectivity index (χ0n) is 10.0. The van der Waals surface area contributed by atoms with Crippen molar-refractivity contribution in [3.05, 3.63) is 0 Å². The van der Waals surface area contributed by atoms with Gasteiger partial charge in [-0.3, -0.25) is 0 Å². The van der Waals surface area contributed by atoms with E-state index in [1.54, 1.807) is 0 Å². The Morgan fingerprint density at radius 1 is 1.07 bits per heavy atom. The Kier molecular flexibility index (Phi) is 4.89. The van der Waals surface area contributed by atoms with E-state index >= 15 is 0 Å². The molecule has 0 aliphatic carbocycles. The van der Waals surface area contributed by atoms with Gasteiger partial charge in [0.2, 0.25) is 0 Å². The highest BCUT2D eigenvalue weighted by Gasteiger charge is 2.52. The smallest absolute Gasteiger partial charge is 0.386 e. The Hall–Kier alpha value is 0.675. The molecule has 1 heterocycles. The van der Waals surface area contributed by atoms with Crippen molar-refractivity contribution in [2.24, 2.45) is 0 Å². The van der Waals surface area contributed by atoms with Gasteiger partial charge in [0.1, 0.15) is 0 Å². The van der Waals surface area contributed by atoms with Crippen LogP contribution in [0.1, 0.15) is 40.5 Å². The van der Waals surface area contributed by atoms with E-state index < -0.39 is 7.32 Å². The maximum absolute atomic E-state index is 5.70. The molecule has 0 radical (unpaired) electrons. The Balaban J connectivity index is 2.30. The molecular weight excluding hydrogens is 306 g/mol. The summed E-state index contributed by atoms with van der Waals surface area (Å²) in [7, 11) is -0.496. The molecule has 1 saturated heterocycles. The summed E-state index contributed by atoms with van der Waals surface area (Å²) in [5.74, 6) is 0. The van der Waals surface area contributed by atoms with E-state index in [0.29, 0.717) is 6.61 Å². The number of rotatable bonds is 5. The largest absolute Gasteiger partial charge is 0.640 e. The van der Waals surface area contributed by atoms with Crippen molar-refractivity contribution in [2.75, 3.05) is 11.0 Å². The lowest BCUT2D eigenvalue weighted by atomic mass is 9.90. The van der Waals surface area contributed by atoms with Gasteiger partial charge < -0.3 is 14.0 Å². The highest BCUT2D eigenvalue weighted by molar-refractivity contribution is 14.1. The molecular formula is C10H20BIO3. The van der Waals surface area contributed by atoms with Crippen molar-refractivity contribution in [2.45, 2.75) is 51.7 Å². The molecule has 88 valence electrons. The van der Waals surface area contributed by atoms with Crippen molar-refractivity contribution < 1.29 is 14.0 Å². The summed E-state index contributed by atoms with van der Waals surface area (Å²) in [6.07, 6.45) is 2.24. The normalized spacial score (nSPS) is 23.4. The monoisotopic (exact) mass is 326 g/mol. The lowest BCUT2D eigenvalue weighted by molar-refractivity contribution is 0.00578. The summed E-state index contributed by atoms with van der Waals surface area (Å²) in [6, 6.07) is 0. The maximum atomic E-state index is 5.70.